The summed E-state index contributed by atoms with van der Waals surface area (Å²) in [7, 11) is 0. The van der Waals surface area contributed by atoms with Gasteiger partial charge in [-0.3, -0.25) is 4.79 Å². The lowest BCUT2D eigenvalue weighted by molar-refractivity contribution is 0.547. The minimum absolute atomic E-state index is 0.0687. The van der Waals surface area contributed by atoms with Crippen molar-refractivity contribution in [2.75, 3.05) is 6.54 Å². The third-order valence-corrected chi connectivity index (χ3v) is 3.63. The van der Waals surface area contributed by atoms with Crippen LogP contribution in [-0.2, 0) is 12.3 Å². The van der Waals surface area contributed by atoms with E-state index in [0.717, 1.165) is 23.8 Å². The summed E-state index contributed by atoms with van der Waals surface area (Å²) in [5.74, 6) is 2.09. The number of hydrogen-bond acceptors (Lipinski definition) is 4. The van der Waals surface area contributed by atoms with Crippen molar-refractivity contribution in [2.45, 2.75) is 51.7 Å². The van der Waals surface area contributed by atoms with Crippen molar-refractivity contribution in [3.63, 3.8) is 0 Å². The molecule has 1 rings (SSSR count). The molecule has 0 saturated carbocycles. The maximum atomic E-state index is 11.6. The summed E-state index contributed by atoms with van der Waals surface area (Å²) < 4.78 is 0.171. The summed E-state index contributed by atoms with van der Waals surface area (Å²) in [6.45, 7) is 12.4. The molecule has 0 fully saturated rings. The predicted molar refractivity (Wildman–Crippen MR) is 82.5 cm³/mol. The molecular formula is C14H25N3OS. The number of aromatic amines is 1. The van der Waals surface area contributed by atoms with Gasteiger partial charge in [-0.05, 0) is 12.5 Å². The monoisotopic (exact) mass is 283 g/mol. The fraction of sp³-hybridized carbons (Fsp3) is 0.714. The van der Waals surface area contributed by atoms with Crippen LogP contribution in [0.2, 0.25) is 0 Å². The van der Waals surface area contributed by atoms with Crippen molar-refractivity contribution in [2.24, 2.45) is 5.92 Å². The topological polar surface area (TPSA) is 57.8 Å². The number of H-pyrrole nitrogens is 1. The number of rotatable bonds is 6. The van der Waals surface area contributed by atoms with Crippen LogP contribution in [0.4, 0.5) is 0 Å². The van der Waals surface area contributed by atoms with E-state index in [1.165, 1.54) is 0 Å². The molecule has 0 radical (unpaired) electrons. The van der Waals surface area contributed by atoms with Gasteiger partial charge in [0, 0.05) is 17.4 Å². The molecule has 4 nitrogen and oxygen atoms in total. The maximum absolute atomic E-state index is 11.6. The molecule has 108 valence electrons. The fourth-order valence-electron chi connectivity index (χ4n) is 1.50. The van der Waals surface area contributed by atoms with Gasteiger partial charge in [0.15, 0.2) is 0 Å². The third kappa shape index (κ3) is 7.38. The van der Waals surface area contributed by atoms with Crippen LogP contribution < -0.4 is 10.9 Å². The first-order valence-corrected chi connectivity index (χ1v) is 7.68. The summed E-state index contributed by atoms with van der Waals surface area (Å²) in [6, 6.07) is 1.57. The Morgan fingerprint density at radius 2 is 2.11 bits per heavy atom. The number of nitrogens with zero attached hydrogens (tertiary/aromatic N) is 1. The van der Waals surface area contributed by atoms with Gasteiger partial charge < -0.3 is 10.3 Å². The molecule has 19 heavy (non-hydrogen) atoms. The van der Waals surface area contributed by atoms with Crippen molar-refractivity contribution in [3.05, 3.63) is 27.9 Å². The highest BCUT2D eigenvalue weighted by Crippen LogP contribution is 2.25. The van der Waals surface area contributed by atoms with E-state index in [1.54, 1.807) is 17.8 Å². The van der Waals surface area contributed by atoms with E-state index >= 15 is 0 Å². The van der Waals surface area contributed by atoms with Crippen molar-refractivity contribution >= 4 is 11.8 Å². The largest absolute Gasteiger partial charge is 0.311 e. The lowest BCUT2D eigenvalue weighted by Gasteiger charge is -2.17. The normalized spacial score (nSPS) is 12.1. The number of aromatic nitrogens is 2. The molecule has 0 aliphatic heterocycles. The summed E-state index contributed by atoms with van der Waals surface area (Å²) in [6.07, 6.45) is 0. The SMILES string of the molecule is CC(C)CNCc1cc(=O)[nH]c(CSC(C)(C)C)n1. The molecule has 0 aliphatic rings. The van der Waals surface area contributed by atoms with E-state index in [9.17, 15) is 4.79 Å². The first-order valence-electron chi connectivity index (χ1n) is 6.70. The highest BCUT2D eigenvalue weighted by molar-refractivity contribution is 7.99. The molecule has 0 aliphatic carbocycles. The van der Waals surface area contributed by atoms with Crippen LogP contribution in [0.5, 0.6) is 0 Å². The van der Waals surface area contributed by atoms with Gasteiger partial charge in [-0.25, -0.2) is 4.98 Å². The van der Waals surface area contributed by atoms with E-state index in [-0.39, 0.29) is 10.3 Å². The number of hydrogen-bond donors (Lipinski definition) is 2. The molecule has 5 heteroatoms. The first-order chi connectivity index (χ1) is 8.76. The van der Waals surface area contributed by atoms with Gasteiger partial charge in [0.1, 0.15) is 5.82 Å². The fourth-order valence-corrected chi connectivity index (χ4v) is 2.20. The zero-order valence-electron chi connectivity index (χ0n) is 12.5. The van der Waals surface area contributed by atoms with E-state index in [1.807, 2.05) is 0 Å². The Morgan fingerprint density at radius 3 is 2.68 bits per heavy atom. The quantitative estimate of drug-likeness (QED) is 0.842. The molecule has 0 atom stereocenters. The van der Waals surface area contributed by atoms with Crippen molar-refractivity contribution < 1.29 is 0 Å². The van der Waals surface area contributed by atoms with Gasteiger partial charge >= 0.3 is 0 Å². The molecule has 0 spiro atoms. The minimum atomic E-state index is -0.0687. The Kier molecular flexibility index (Phi) is 6.07. The molecule has 0 bridgehead atoms. The van der Waals surface area contributed by atoms with E-state index in [0.29, 0.717) is 12.5 Å². The molecule has 0 amide bonds. The Hall–Kier alpha value is -0.810. The van der Waals surface area contributed by atoms with E-state index < -0.39 is 0 Å². The van der Waals surface area contributed by atoms with Crippen LogP contribution in [0, 0.1) is 5.92 Å². The average molecular weight is 283 g/mol. The maximum Gasteiger partial charge on any atom is 0.251 e. The lowest BCUT2D eigenvalue weighted by atomic mass is 10.2. The summed E-state index contributed by atoms with van der Waals surface area (Å²) >= 11 is 1.78. The zero-order valence-corrected chi connectivity index (χ0v) is 13.4. The second kappa shape index (κ2) is 7.10. The zero-order chi connectivity index (χ0) is 14.5. The van der Waals surface area contributed by atoms with Crippen LogP contribution in [0.3, 0.4) is 0 Å². The Morgan fingerprint density at radius 1 is 1.42 bits per heavy atom. The molecular weight excluding hydrogens is 258 g/mol. The molecule has 1 aromatic rings. The van der Waals surface area contributed by atoms with Crippen molar-refractivity contribution in [3.8, 4) is 0 Å². The van der Waals surface area contributed by atoms with Crippen molar-refractivity contribution in [1.82, 2.24) is 15.3 Å². The molecule has 1 aromatic heterocycles. The Labute approximate surface area is 119 Å². The Bertz CT molecular complexity index is 449. The molecule has 0 saturated heterocycles. The summed E-state index contributed by atoms with van der Waals surface area (Å²) in [5, 5.41) is 3.31. The van der Waals surface area contributed by atoms with Gasteiger partial charge in [0.05, 0.1) is 11.4 Å². The van der Waals surface area contributed by atoms with Crippen LogP contribution in [-0.4, -0.2) is 21.3 Å². The smallest absolute Gasteiger partial charge is 0.251 e. The van der Waals surface area contributed by atoms with Gasteiger partial charge in [0.25, 0.3) is 5.56 Å². The summed E-state index contributed by atoms with van der Waals surface area (Å²) in [5.41, 5.74) is 0.745. The Balaban J connectivity index is 2.63. The standard InChI is InChI=1S/C14H25N3OS/c1-10(2)7-15-8-11-6-13(18)17-12(16-11)9-19-14(3,4)5/h6,10,15H,7-9H2,1-5H3,(H,16,17,18). The van der Waals surface area contributed by atoms with Gasteiger partial charge in [-0.1, -0.05) is 34.6 Å². The third-order valence-electron chi connectivity index (χ3n) is 2.34. The highest BCUT2D eigenvalue weighted by atomic mass is 32.2. The van der Waals surface area contributed by atoms with Crippen molar-refractivity contribution in [1.29, 1.82) is 0 Å². The first kappa shape index (κ1) is 16.2. The van der Waals surface area contributed by atoms with Crippen LogP contribution in [0.15, 0.2) is 10.9 Å². The second-order valence-electron chi connectivity index (χ2n) is 6.11. The highest BCUT2D eigenvalue weighted by Gasteiger charge is 2.12. The van der Waals surface area contributed by atoms with Crippen LogP contribution in [0.25, 0.3) is 0 Å². The summed E-state index contributed by atoms with van der Waals surface area (Å²) in [4.78, 5) is 18.9. The van der Waals surface area contributed by atoms with Gasteiger partial charge in [-0.15, -0.1) is 11.8 Å². The average Bonchev–Trinajstić information content (AvgIpc) is 2.24. The molecule has 1 heterocycles. The van der Waals surface area contributed by atoms with E-state index in [2.05, 4.69) is 49.9 Å². The minimum Gasteiger partial charge on any atom is -0.311 e. The number of thioether (sulfide) groups is 1. The predicted octanol–water partition coefficient (Wildman–Crippen LogP) is 2.55. The van der Waals surface area contributed by atoms with Crippen LogP contribution in [0.1, 0.15) is 46.1 Å². The molecule has 0 aromatic carbocycles. The second-order valence-corrected chi connectivity index (χ2v) is 7.91. The number of nitrogens with one attached hydrogen (secondary N) is 2. The van der Waals surface area contributed by atoms with Gasteiger partial charge in [-0.2, -0.15) is 0 Å². The molecule has 2 N–H and O–H groups in total. The van der Waals surface area contributed by atoms with Gasteiger partial charge in [0.2, 0.25) is 0 Å². The van der Waals surface area contributed by atoms with Crippen LogP contribution >= 0.6 is 11.8 Å². The lowest BCUT2D eigenvalue weighted by Crippen LogP contribution is -2.22. The molecule has 0 unspecified atom stereocenters. The van der Waals surface area contributed by atoms with E-state index in [4.69, 9.17) is 0 Å².